The van der Waals surface area contributed by atoms with E-state index in [4.69, 9.17) is 15.9 Å². The summed E-state index contributed by atoms with van der Waals surface area (Å²) in [7, 11) is -4.04. The number of sulfonamides is 1. The Kier molecular flexibility index (Phi) is 10.6. The fraction of sp³-hybridized carbons (Fsp3) is 0.333. The Morgan fingerprint density at radius 3 is 2.14 bits per heavy atom. The van der Waals surface area contributed by atoms with E-state index in [0.29, 0.717) is 11.1 Å². The molecule has 2 aromatic carbocycles. The molecule has 0 fully saturated rings. The molecule has 0 radical (unpaired) electrons. The topological polar surface area (TPSA) is 181 Å². The molecule has 2 rings (SSSR count). The maximum Gasteiger partial charge on any atom is 0.326 e. The zero-order chi connectivity index (χ0) is 26.7. The second kappa shape index (κ2) is 13.4. The number of nitrogens with two attached hydrogens (primary N) is 1. The smallest absolute Gasteiger partial charge is 0.326 e. The van der Waals surface area contributed by atoms with Crippen LogP contribution in [-0.2, 0) is 30.8 Å². The first-order valence-electron chi connectivity index (χ1n) is 11.3. The quantitative estimate of drug-likeness (QED) is 0.147. The van der Waals surface area contributed by atoms with Crippen molar-refractivity contribution in [2.45, 2.75) is 37.6 Å². The second-order valence-corrected chi connectivity index (χ2v) is 9.44. The molecule has 11 nitrogen and oxygen atoms in total. The summed E-state index contributed by atoms with van der Waals surface area (Å²) < 4.78 is 32.7. The van der Waals surface area contributed by atoms with Crippen molar-refractivity contribution in [3.63, 3.8) is 0 Å². The van der Waals surface area contributed by atoms with Crippen LogP contribution in [0.4, 0.5) is 0 Å². The summed E-state index contributed by atoms with van der Waals surface area (Å²) in [4.78, 5) is 36.7. The van der Waals surface area contributed by atoms with Crippen molar-refractivity contribution in [2.24, 2.45) is 5.73 Å². The number of nitrogens with one attached hydrogen (secondary N) is 4. The highest BCUT2D eigenvalue weighted by Crippen LogP contribution is 2.12. The maximum atomic E-state index is 12.7. The number of nitrogen functional groups attached to an aromatic ring is 1. The number of carbonyl (C=O) groups excluding carboxylic acids is 3. The van der Waals surface area contributed by atoms with Gasteiger partial charge in [0.1, 0.15) is 11.9 Å². The zero-order valence-corrected chi connectivity index (χ0v) is 21.0. The highest BCUT2D eigenvalue weighted by Gasteiger charge is 2.27. The van der Waals surface area contributed by atoms with Gasteiger partial charge in [-0.05, 0) is 43.2 Å². The summed E-state index contributed by atoms with van der Waals surface area (Å²) in [5, 5.41) is 12.4. The van der Waals surface area contributed by atoms with Crippen molar-refractivity contribution in [3.8, 4) is 0 Å². The normalized spacial score (nSPS) is 11.8. The van der Waals surface area contributed by atoms with Gasteiger partial charge < -0.3 is 21.1 Å². The summed E-state index contributed by atoms with van der Waals surface area (Å²) in [6.07, 6.45) is 0.649. The molecule has 2 aromatic rings. The summed E-state index contributed by atoms with van der Waals surface area (Å²) in [5.74, 6) is -1.85. The average molecular weight is 518 g/mol. The van der Waals surface area contributed by atoms with E-state index < -0.39 is 33.8 Å². The standard InChI is InChI=1S/C24H31N5O6S/c1-3-16-5-11-19(12-6-16)36(33,34)29-20(24(32)35-4-2)15-28-21(30)13-14-27-23(31)18-9-7-17(8-10-18)22(25)26/h5-12,20,29H,3-4,13-15H2,1-2H3,(H3,25,26)(H,27,31)(H,28,30)/t20-/m0/s1. The number of aryl methyl sites for hydroxylation is 1. The molecule has 0 unspecified atom stereocenters. The first-order valence-corrected chi connectivity index (χ1v) is 12.8. The third kappa shape index (κ3) is 8.47. The Morgan fingerprint density at radius 2 is 1.58 bits per heavy atom. The van der Waals surface area contributed by atoms with Gasteiger partial charge in [0.2, 0.25) is 15.9 Å². The molecule has 1 atom stereocenters. The van der Waals surface area contributed by atoms with Gasteiger partial charge in [0, 0.05) is 30.6 Å². The lowest BCUT2D eigenvalue weighted by atomic mass is 10.1. The number of benzene rings is 2. The number of carbonyl (C=O) groups is 3. The third-order valence-corrected chi connectivity index (χ3v) is 6.60. The molecule has 0 saturated heterocycles. The minimum Gasteiger partial charge on any atom is -0.465 e. The van der Waals surface area contributed by atoms with E-state index >= 15 is 0 Å². The van der Waals surface area contributed by atoms with E-state index in [1.807, 2.05) is 6.92 Å². The predicted octanol–water partition coefficient (Wildman–Crippen LogP) is 0.679. The molecule has 36 heavy (non-hydrogen) atoms. The molecule has 0 bridgehead atoms. The van der Waals surface area contributed by atoms with Crippen molar-refractivity contribution < 1.29 is 27.5 Å². The Labute approximate surface area is 210 Å². The van der Waals surface area contributed by atoms with Crippen LogP contribution in [0.5, 0.6) is 0 Å². The molecular weight excluding hydrogens is 486 g/mol. The van der Waals surface area contributed by atoms with Crippen LogP contribution in [0.25, 0.3) is 0 Å². The minimum absolute atomic E-state index is 0.0126. The largest absolute Gasteiger partial charge is 0.465 e. The van der Waals surface area contributed by atoms with Gasteiger partial charge >= 0.3 is 5.97 Å². The first-order chi connectivity index (χ1) is 17.1. The fourth-order valence-electron chi connectivity index (χ4n) is 3.07. The first kappa shape index (κ1) is 28.5. The predicted molar refractivity (Wildman–Crippen MR) is 134 cm³/mol. The second-order valence-electron chi connectivity index (χ2n) is 7.72. The van der Waals surface area contributed by atoms with Crippen molar-refractivity contribution in [3.05, 3.63) is 65.2 Å². The number of amidine groups is 1. The molecule has 12 heteroatoms. The molecule has 0 aliphatic carbocycles. The van der Waals surface area contributed by atoms with Gasteiger partial charge in [0.05, 0.1) is 11.5 Å². The van der Waals surface area contributed by atoms with Crippen LogP contribution in [0.3, 0.4) is 0 Å². The van der Waals surface area contributed by atoms with Crippen molar-refractivity contribution in [1.82, 2.24) is 15.4 Å². The van der Waals surface area contributed by atoms with Crippen molar-refractivity contribution in [1.29, 1.82) is 5.41 Å². The molecule has 0 aromatic heterocycles. The van der Waals surface area contributed by atoms with E-state index in [1.165, 1.54) is 24.3 Å². The average Bonchev–Trinajstić information content (AvgIpc) is 2.86. The highest BCUT2D eigenvalue weighted by molar-refractivity contribution is 7.89. The molecule has 0 aliphatic heterocycles. The lowest BCUT2D eigenvalue weighted by Crippen LogP contribution is -2.49. The minimum atomic E-state index is -4.04. The van der Waals surface area contributed by atoms with Crippen LogP contribution in [0.2, 0.25) is 0 Å². The van der Waals surface area contributed by atoms with Gasteiger partial charge in [0.15, 0.2) is 0 Å². The summed E-state index contributed by atoms with van der Waals surface area (Å²) in [6, 6.07) is 11.0. The number of ether oxygens (including phenoxy) is 1. The summed E-state index contributed by atoms with van der Waals surface area (Å²) >= 11 is 0. The maximum absolute atomic E-state index is 12.7. The van der Waals surface area contributed by atoms with Gasteiger partial charge in [-0.25, -0.2) is 8.42 Å². The van der Waals surface area contributed by atoms with E-state index in [0.717, 1.165) is 12.0 Å². The number of esters is 1. The van der Waals surface area contributed by atoms with E-state index in [2.05, 4.69) is 15.4 Å². The van der Waals surface area contributed by atoms with E-state index in [-0.39, 0.29) is 36.8 Å². The van der Waals surface area contributed by atoms with Crippen LogP contribution in [0.1, 0.15) is 41.8 Å². The lowest BCUT2D eigenvalue weighted by molar-refractivity contribution is -0.145. The van der Waals surface area contributed by atoms with Crippen molar-refractivity contribution >= 4 is 33.6 Å². The highest BCUT2D eigenvalue weighted by atomic mass is 32.2. The molecule has 2 amide bonds. The van der Waals surface area contributed by atoms with Crippen LogP contribution in [0.15, 0.2) is 53.4 Å². The van der Waals surface area contributed by atoms with Gasteiger partial charge in [-0.15, -0.1) is 0 Å². The Balaban J connectivity index is 1.91. The molecule has 0 spiro atoms. The monoisotopic (exact) mass is 517 g/mol. The summed E-state index contributed by atoms with van der Waals surface area (Å²) in [6.45, 7) is 3.25. The SMILES string of the molecule is CCOC(=O)[C@H](CNC(=O)CCNC(=O)c1ccc(C(=N)N)cc1)NS(=O)(=O)c1ccc(CC)cc1. The number of rotatable bonds is 13. The molecular formula is C24H31N5O6S. The van der Waals surface area contributed by atoms with Crippen molar-refractivity contribution in [2.75, 3.05) is 19.7 Å². The molecule has 194 valence electrons. The zero-order valence-electron chi connectivity index (χ0n) is 20.2. The third-order valence-electron chi connectivity index (χ3n) is 5.11. The van der Waals surface area contributed by atoms with E-state index in [1.54, 1.807) is 31.2 Å². The van der Waals surface area contributed by atoms with Crippen LogP contribution in [0, 0.1) is 5.41 Å². The van der Waals surface area contributed by atoms with Gasteiger partial charge in [-0.2, -0.15) is 4.72 Å². The number of hydrogen-bond acceptors (Lipinski definition) is 7. The Bertz CT molecular complexity index is 1180. The number of hydrogen-bond donors (Lipinski definition) is 5. The van der Waals surface area contributed by atoms with Crippen LogP contribution >= 0.6 is 0 Å². The molecule has 0 heterocycles. The fourth-order valence-corrected chi connectivity index (χ4v) is 4.26. The molecule has 0 saturated carbocycles. The van der Waals surface area contributed by atoms with Gasteiger partial charge in [-0.1, -0.05) is 31.2 Å². The molecule has 0 aliphatic rings. The Hall–Kier alpha value is -3.77. The van der Waals surface area contributed by atoms with Crippen LogP contribution < -0.4 is 21.1 Å². The number of amides is 2. The van der Waals surface area contributed by atoms with Gasteiger partial charge in [-0.3, -0.25) is 19.8 Å². The van der Waals surface area contributed by atoms with Gasteiger partial charge in [0.25, 0.3) is 5.91 Å². The molecule has 6 N–H and O–H groups in total. The Morgan fingerprint density at radius 1 is 0.972 bits per heavy atom. The summed E-state index contributed by atoms with van der Waals surface area (Å²) in [5.41, 5.74) is 7.16. The lowest BCUT2D eigenvalue weighted by Gasteiger charge is -2.18. The van der Waals surface area contributed by atoms with E-state index in [9.17, 15) is 22.8 Å². The van der Waals surface area contributed by atoms with Crippen LogP contribution in [-0.4, -0.2) is 57.8 Å².